The highest BCUT2D eigenvalue weighted by Gasteiger charge is 2.27. The summed E-state index contributed by atoms with van der Waals surface area (Å²) in [6, 6.07) is 11.5. The lowest BCUT2D eigenvalue weighted by Crippen LogP contribution is -2.41. The molecule has 2 amide bonds. The molecular weight excluding hydrogens is 452 g/mol. The van der Waals surface area contributed by atoms with Crippen molar-refractivity contribution in [1.82, 2.24) is 20.3 Å². The molecule has 0 radical (unpaired) electrons. The zero-order chi connectivity index (χ0) is 23.0. The highest BCUT2D eigenvalue weighted by Crippen LogP contribution is 2.29. The predicted molar refractivity (Wildman–Crippen MR) is 121 cm³/mol. The van der Waals surface area contributed by atoms with E-state index in [1.54, 1.807) is 24.4 Å². The van der Waals surface area contributed by atoms with E-state index >= 15 is 0 Å². The second-order valence-electron chi connectivity index (χ2n) is 7.84. The van der Waals surface area contributed by atoms with Crippen molar-refractivity contribution >= 4 is 33.4 Å². The number of halogens is 1. The first kappa shape index (κ1) is 24.2. The van der Waals surface area contributed by atoms with E-state index in [1.807, 2.05) is 12.1 Å². The van der Waals surface area contributed by atoms with Crippen LogP contribution in [0.1, 0.15) is 31.4 Å². The van der Waals surface area contributed by atoms with Crippen LogP contribution < -0.4 is 15.4 Å². The smallest absolute Gasteiger partial charge is 0.240 e. The molecule has 1 heterocycles. The largest absolute Gasteiger partial charge is 0.349 e. The van der Waals surface area contributed by atoms with Crippen LogP contribution in [0.15, 0.2) is 53.6 Å². The zero-order valence-corrected chi connectivity index (χ0v) is 19.2. The number of nitrogens with zero attached hydrogens (tertiary/aromatic N) is 1. The fraction of sp³-hybridized carbons (Fsp3) is 0.409. The molecule has 1 aromatic carbocycles. The first-order valence-corrected chi connectivity index (χ1v) is 12.4. The van der Waals surface area contributed by atoms with E-state index < -0.39 is 10.0 Å². The molecule has 8 nitrogen and oxygen atoms in total. The summed E-state index contributed by atoms with van der Waals surface area (Å²) in [6.07, 6.45) is 4.46. The summed E-state index contributed by atoms with van der Waals surface area (Å²) in [5.41, 5.74) is 0.747. The van der Waals surface area contributed by atoms with E-state index in [4.69, 9.17) is 11.6 Å². The van der Waals surface area contributed by atoms with E-state index in [9.17, 15) is 18.0 Å². The standard InChI is InChI=1S/C22H27ClN4O4S/c23-18-8-10-20(11-9-18)32(30,31)27-13-16-4-6-17(7-5-16)22(29)26-15-21(28)25-14-19-3-1-2-12-24-19/h1-3,8-12,16-17,27H,4-7,13-15H2,(H,25,28)(H,26,29). The number of carbonyl (C=O) groups is 2. The molecule has 1 aromatic heterocycles. The van der Waals surface area contributed by atoms with Gasteiger partial charge in [-0.2, -0.15) is 0 Å². The molecule has 32 heavy (non-hydrogen) atoms. The lowest BCUT2D eigenvalue weighted by atomic mass is 9.81. The zero-order valence-electron chi connectivity index (χ0n) is 17.6. The molecule has 3 rings (SSSR count). The Kier molecular flexibility index (Phi) is 8.60. The summed E-state index contributed by atoms with van der Waals surface area (Å²) < 4.78 is 27.4. The summed E-state index contributed by atoms with van der Waals surface area (Å²) in [6.45, 7) is 0.564. The van der Waals surface area contributed by atoms with Crippen molar-refractivity contribution in [2.45, 2.75) is 37.1 Å². The Bertz CT molecular complexity index is 1010. The summed E-state index contributed by atoms with van der Waals surface area (Å²) in [4.78, 5) is 28.6. The van der Waals surface area contributed by atoms with Gasteiger partial charge in [0.2, 0.25) is 21.8 Å². The first-order chi connectivity index (χ1) is 15.3. The highest BCUT2D eigenvalue weighted by atomic mass is 35.5. The van der Waals surface area contributed by atoms with Crippen molar-refractivity contribution in [3.63, 3.8) is 0 Å². The molecule has 1 aliphatic carbocycles. The third kappa shape index (κ3) is 7.29. The van der Waals surface area contributed by atoms with Crippen molar-refractivity contribution in [2.75, 3.05) is 13.1 Å². The molecule has 0 saturated heterocycles. The van der Waals surface area contributed by atoms with Gasteiger partial charge in [-0.25, -0.2) is 13.1 Å². The van der Waals surface area contributed by atoms with E-state index in [0.29, 0.717) is 31.0 Å². The van der Waals surface area contributed by atoms with Gasteiger partial charge < -0.3 is 10.6 Å². The second kappa shape index (κ2) is 11.4. The minimum atomic E-state index is -3.59. The van der Waals surface area contributed by atoms with Crippen LogP contribution >= 0.6 is 11.6 Å². The molecule has 172 valence electrons. The molecule has 0 aliphatic heterocycles. The minimum Gasteiger partial charge on any atom is -0.349 e. The number of carbonyl (C=O) groups excluding carboxylic acids is 2. The van der Waals surface area contributed by atoms with Crippen LogP contribution in [-0.4, -0.2) is 38.3 Å². The highest BCUT2D eigenvalue weighted by molar-refractivity contribution is 7.89. The average Bonchev–Trinajstić information content (AvgIpc) is 2.81. The Morgan fingerprint density at radius 1 is 1.00 bits per heavy atom. The molecule has 1 saturated carbocycles. The van der Waals surface area contributed by atoms with E-state index in [2.05, 4.69) is 20.3 Å². The topological polar surface area (TPSA) is 117 Å². The summed E-state index contributed by atoms with van der Waals surface area (Å²) in [5.74, 6) is -0.405. The van der Waals surface area contributed by atoms with Gasteiger partial charge in [0, 0.05) is 23.7 Å². The van der Waals surface area contributed by atoms with Crippen molar-refractivity contribution in [3.05, 3.63) is 59.4 Å². The van der Waals surface area contributed by atoms with Crippen LogP contribution in [0.4, 0.5) is 0 Å². The molecular formula is C22H27ClN4O4S. The Balaban J connectivity index is 1.35. The molecule has 3 N–H and O–H groups in total. The minimum absolute atomic E-state index is 0.0769. The number of amides is 2. The number of pyridine rings is 1. The number of sulfonamides is 1. The van der Waals surface area contributed by atoms with Crippen molar-refractivity contribution in [3.8, 4) is 0 Å². The van der Waals surface area contributed by atoms with Crippen LogP contribution in [0.2, 0.25) is 5.02 Å². The van der Waals surface area contributed by atoms with Gasteiger partial charge in [0.25, 0.3) is 0 Å². The quantitative estimate of drug-likeness (QED) is 0.511. The normalized spacial score (nSPS) is 18.7. The van der Waals surface area contributed by atoms with Crippen LogP contribution in [0.5, 0.6) is 0 Å². The lowest BCUT2D eigenvalue weighted by molar-refractivity contribution is -0.129. The van der Waals surface area contributed by atoms with E-state index in [-0.39, 0.29) is 35.1 Å². The number of hydrogen-bond donors (Lipinski definition) is 3. The molecule has 2 aromatic rings. The van der Waals surface area contributed by atoms with Crippen molar-refractivity contribution in [2.24, 2.45) is 11.8 Å². The summed E-state index contributed by atoms with van der Waals surface area (Å²) in [7, 11) is -3.59. The maximum Gasteiger partial charge on any atom is 0.240 e. The molecule has 0 bridgehead atoms. The fourth-order valence-electron chi connectivity index (χ4n) is 3.62. The Morgan fingerprint density at radius 3 is 2.38 bits per heavy atom. The van der Waals surface area contributed by atoms with Gasteiger partial charge in [-0.3, -0.25) is 14.6 Å². The number of nitrogens with one attached hydrogen (secondary N) is 3. The number of hydrogen-bond acceptors (Lipinski definition) is 5. The van der Waals surface area contributed by atoms with E-state index in [0.717, 1.165) is 18.5 Å². The van der Waals surface area contributed by atoms with Gasteiger partial charge in [-0.1, -0.05) is 17.7 Å². The fourth-order valence-corrected chi connectivity index (χ4v) is 4.86. The SMILES string of the molecule is O=C(CNC(=O)C1CCC(CNS(=O)(=O)c2ccc(Cl)cc2)CC1)NCc1ccccn1. The first-order valence-electron chi connectivity index (χ1n) is 10.5. The predicted octanol–water partition coefficient (Wildman–Crippen LogP) is 2.25. The average molecular weight is 479 g/mol. The number of benzene rings is 1. The number of rotatable bonds is 9. The molecule has 1 aliphatic rings. The van der Waals surface area contributed by atoms with Crippen LogP contribution in [0.3, 0.4) is 0 Å². The third-order valence-corrected chi connectivity index (χ3v) is 7.21. The van der Waals surface area contributed by atoms with Gasteiger partial charge in [0.1, 0.15) is 0 Å². The Morgan fingerprint density at radius 2 is 1.72 bits per heavy atom. The number of aromatic nitrogens is 1. The van der Waals surface area contributed by atoms with E-state index in [1.165, 1.54) is 12.1 Å². The van der Waals surface area contributed by atoms with Gasteiger partial charge in [-0.15, -0.1) is 0 Å². The van der Waals surface area contributed by atoms with Gasteiger partial charge in [0.15, 0.2) is 0 Å². The maximum atomic E-state index is 12.4. The van der Waals surface area contributed by atoms with Gasteiger partial charge in [-0.05, 0) is 68.0 Å². The Labute approximate surface area is 193 Å². The Hall–Kier alpha value is -2.49. The molecule has 0 unspecified atom stereocenters. The maximum absolute atomic E-state index is 12.4. The van der Waals surface area contributed by atoms with Crippen molar-refractivity contribution < 1.29 is 18.0 Å². The van der Waals surface area contributed by atoms with Gasteiger partial charge in [0.05, 0.1) is 23.7 Å². The second-order valence-corrected chi connectivity index (χ2v) is 10.0. The molecule has 10 heteroatoms. The van der Waals surface area contributed by atoms with Crippen LogP contribution in [0.25, 0.3) is 0 Å². The molecule has 1 fully saturated rings. The van der Waals surface area contributed by atoms with Crippen LogP contribution in [0, 0.1) is 11.8 Å². The lowest BCUT2D eigenvalue weighted by Gasteiger charge is -2.27. The summed E-state index contributed by atoms with van der Waals surface area (Å²) in [5, 5.41) is 5.89. The van der Waals surface area contributed by atoms with Crippen molar-refractivity contribution in [1.29, 1.82) is 0 Å². The monoisotopic (exact) mass is 478 g/mol. The van der Waals surface area contributed by atoms with Gasteiger partial charge >= 0.3 is 0 Å². The summed E-state index contributed by atoms with van der Waals surface area (Å²) >= 11 is 5.81. The molecule has 0 atom stereocenters. The van der Waals surface area contributed by atoms with Crippen LogP contribution in [-0.2, 0) is 26.2 Å². The molecule has 0 spiro atoms. The third-order valence-electron chi connectivity index (χ3n) is 5.52.